The minimum atomic E-state index is -0.251. The van der Waals surface area contributed by atoms with E-state index in [1.807, 2.05) is 24.8 Å². The minimum absolute atomic E-state index is 0. The number of nitrogens with zero attached hydrogens (tertiary/aromatic N) is 2. The first-order valence-corrected chi connectivity index (χ1v) is 11.6. The number of ketones is 1. The molecule has 1 saturated heterocycles. The highest BCUT2D eigenvalue weighted by Gasteiger charge is 2.46. The second kappa shape index (κ2) is 8.23. The first-order valence-electron chi connectivity index (χ1n) is 11.3. The number of amides is 1. The van der Waals surface area contributed by atoms with Gasteiger partial charge in [-0.05, 0) is 70.9 Å². The van der Waals surface area contributed by atoms with Crippen LogP contribution in [0.25, 0.3) is 0 Å². The summed E-state index contributed by atoms with van der Waals surface area (Å²) in [5, 5.41) is 4.29. The van der Waals surface area contributed by atoms with Crippen molar-refractivity contribution in [2.24, 2.45) is 0 Å². The molecule has 4 rings (SSSR count). The summed E-state index contributed by atoms with van der Waals surface area (Å²) in [7, 11) is 0. The van der Waals surface area contributed by atoms with Gasteiger partial charge in [-0.15, -0.1) is 0 Å². The molecule has 0 radical (unpaired) electrons. The summed E-state index contributed by atoms with van der Waals surface area (Å²) >= 11 is 6.35. The monoisotopic (exact) mass is 459 g/mol. The SMILES string of the molecule is CC(=O)c1ccc2n1CC(C)(C)NC21CCN(C(=O)c2ccc(OC(C)C)c(Cl)c2)CC1.[HH]. The van der Waals surface area contributed by atoms with Gasteiger partial charge in [0, 0.05) is 44.8 Å². The van der Waals surface area contributed by atoms with Crippen molar-refractivity contribution in [2.75, 3.05) is 13.1 Å². The largest absolute Gasteiger partial charge is 0.489 e. The molecule has 0 saturated carbocycles. The molecule has 2 aliphatic heterocycles. The van der Waals surface area contributed by atoms with Gasteiger partial charge >= 0.3 is 0 Å². The van der Waals surface area contributed by atoms with Crippen molar-refractivity contribution in [2.45, 2.75) is 71.2 Å². The van der Waals surface area contributed by atoms with Crippen LogP contribution < -0.4 is 10.1 Å². The first kappa shape index (κ1) is 22.9. The maximum absolute atomic E-state index is 13.2. The predicted molar refractivity (Wildman–Crippen MR) is 128 cm³/mol. The fourth-order valence-electron chi connectivity index (χ4n) is 5.15. The average Bonchev–Trinajstić information content (AvgIpc) is 3.13. The number of piperidine rings is 1. The van der Waals surface area contributed by atoms with E-state index in [0.717, 1.165) is 30.8 Å². The van der Waals surface area contributed by atoms with Crippen LogP contribution in [-0.2, 0) is 12.1 Å². The van der Waals surface area contributed by atoms with Crippen molar-refractivity contribution in [3.05, 3.63) is 52.3 Å². The third kappa shape index (κ3) is 4.18. The van der Waals surface area contributed by atoms with E-state index >= 15 is 0 Å². The number of benzene rings is 1. The molecule has 2 aliphatic rings. The normalized spacial score (nSPS) is 19.2. The van der Waals surface area contributed by atoms with E-state index in [1.54, 1.807) is 25.1 Å². The number of fused-ring (bicyclic) bond motifs is 2. The number of hydrogen-bond donors (Lipinski definition) is 1. The highest BCUT2D eigenvalue weighted by atomic mass is 35.5. The van der Waals surface area contributed by atoms with Crippen molar-refractivity contribution in [1.82, 2.24) is 14.8 Å². The Balaban J connectivity index is 0.00000306. The van der Waals surface area contributed by atoms with Gasteiger partial charge in [0.25, 0.3) is 5.91 Å². The van der Waals surface area contributed by atoms with E-state index in [1.165, 1.54) is 0 Å². The number of nitrogens with one attached hydrogen (secondary N) is 1. The molecule has 1 aromatic heterocycles. The molecular formula is C25H34ClN3O3. The molecule has 1 amide bonds. The number of carbonyl (C=O) groups is 2. The smallest absolute Gasteiger partial charge is 0.253 e. The van der Waals surface area contributed by atoms with Gasteiger partial charge in [-0.1, -0.05) is 11.6 Å². The summed E-state index contributed by atoms with van der Waals surface area (Å²) in [6.45, 7) is 11.8. The van der Waals surface area contributed by atoms with Crippen LogP contribution in [0.3, 0.4) is 0 Å². The highest BCUT2D eigenvalue weighted by molar-refractivity contribution is 6.32. The number of hydrogen-bond acceptors (Lipinski definition) is 4. The van der Waals surface area contributed by atoms with Crippen LogP contribution in [0.2, 0.25) is 5.02 Å². The Morgan fingerprint density at radius 1 is 1.16 bits per heavy atom. The van der Waals surface area contributed by atoms with Crippen molar-refractivity contribution >= 4 is 23.3 Å². The first-order chi connectivity index (χ1) is 15.0. The average molecular weight is 460 g/mol. The topological polar surface area (TPSA) is 63.6 Å². The van der Waals surface area contributed by atoms with Crippen molar-refractivity contribution in [3.8, 4) is 5.75 Å². The van der Waals surface area contributed by atoms with Crippen LogP contribution in [0.1, 0.15) is 75.4 Å². The molecule has 0 aliphatic carbocycles. The van der Waals surface area contributed by atoms with Crippen LogP contribution in [0.15, 0.2) is 30.3 Å². The molecule has 1 spiro atoms. The minimum Gasteiger partial charge on any atom is -0.489 e. The van der Waals surface area contributed by atoms with Crippen molar-refractivity contribution in [3.63, 3.8) is 0 Å². The Kier molecular flexibility index (Phi) is 5.88. The van der Waals surface area contributed by atoms with Crippen LogP contribution in [0.4, 0.5) is 0 Å². The number of ether oxygens (including phenoxy) is 1. The second-order valence-electron chi connectivity index (χ2n) is 9.94. The van der Waals surface area contributed by atoms with E-state index < -0.39 is 0 Å². The third-order valence-corrected chi connectivity index (χ3v) is 6.70. The molecular weight excluding hydrogens is 426 g/mol. The number of rotatable bonds is 4. The van der Waals surface area contributed by atoms with E-state index in [0.29, 0.717) is 29.4 Å². The predicted octanol–water partition coefficient (Wildman–Crippen LogP) is 4.89. The zero-order valence-corrected chi connectivity index (χ0v) is 20.3. The molecule has 6 nitrogen and oxygen atoms in total. The van der Waals surface area contributed by atoms with E-state index in [-0.39, 0.29) is 30.3 Å². The van der Waals surface area contributed by atoms with Gasteiger partial charge < -0.3 is 14.2 Å². The summed E-state index contributed by atoms with van der Waals surface area (Å²) in [6.07, 6.45) is 1.58. The van der Waals surface area contributed by atoms with Gasteiger partial charge in [0.05, 0.1) is 22.4 Å². The van der Waals surface area contributed by atoms with Gasteiger partial charge in [-0.3, -0.25) is 14.9 Å². The van der Waals surface area contributed by atoms with Crippen LogP contribution >= 0.6 is 11.6 Å². The summed E-state index contributed by atoms with van der Waals surface area (Å²) in [4.78, 5) is 27.2. The fraction of sp³-hybridized carbons (Fsp3) is 0.520. The van der Waals surface area contributed by atoms with E-state index in [2.05, 4.69) is 29.8 Å². The molecule has 1 N–H and O–H groups in total. The van der Waals surface area contributed by atoms with Crippen LogP contribution in [-0.4, -0.2) is 45.9 Å². The Morgan fingerprint density at radius 3 is 2.44 bits per heavy atom. The van der Waals surface area contributed by atoms with Gasteiger partial charge in [-0.2, -0.15) is 0 Å². The number of aromatic nitrogens is 1. The quantitative estimate of drug-likeness (QED) is 0.661. The van der Waals surface area contributed by atoms with E-state index in [9.17, 15) is 9.59 Å². The Morgan fingerprint density at radius 2 is 1.84 bits per heavy atom. The maximum Gasteiger partial charge on any atom is 0.253 e. The Hall–Kier alpha value is -2.31. The lowest BCUT2D eigenvalue weighted by molar-refractivity contribution is 0.0519. The molecule has 7 heteroatoms. The molecule has 0 atom stereocenters. The van der Waals surface area contributed by atoms with Gasteiger partial charge in [0.1, 0.15) is 5.75 Å². The molecule has 0 bridgehead atoms. The molecule has 0 unspecified atom stereocenters. The summed E-state index contributed by atoms with van der Waals surface area (Å²) in [5.41, 5.74) is 2.07. The van der Waals surface area contributed by atoms with Crippen LogP contribution in [0, 0.1) is 0 Å². The van der Waals surface area contributed by atoms with Crippen molar-refractivity contribution < 1.29 is 15.8 Å². The summed E-state index contributed by atoms with van der Waals surface area (Å²) in [5.74, 6) is 0.651. The number of carbonyl (C=O) groups excluding carboxylic acids is 2. The Bertz CT molecular complexity index is 1060. The lowest BCUT2D eigenvalue weighted by Crippen LogP contribution is -2.63. The van der Waals surface area contributed by atoms with Gasteiger partial charge in [0.15, 0.2) is 5.78 Å². The lowest BCUT2D eigenvalue weighted by atomic mass is 9.79. The molecule has 1 fully saturated rings. The Labute approximate surface area is 196 Å². The molecule has 3 heterocycles. The summed E-state index contributed by atoms with van der Waals surface area (Å²) < 4.78 is 7.85. The van der Waals surface area contributed by atoms with Gasteiger partial charge in [0.2, 0.25) is 0 Å². The summed E-state index contributed by atoms with van der Waals surface area (Å²) in [6, 6.07) is 9.25. The number of halogens is 1. The maximum atomic E-state index is 13.2. The standard InChI is InChI=1S/C25H32ClN3O3.H2/c1-16(2)32-21-8-6-18(14-19(21)26)23(31)28-12-10-25(11-13-28)22-9-7-20(17(3)30)29(22)15-24(4,5)27-25;/h6-9,14,16,27H,10-13,15H2,1-5H3;1H. The number of likely N-dealkylation sites (tertiary alicyclic amines) is 1. The lowest BCUT2D eigenvalue weighted by Gasteiger charge is -2.51. The third-order valence-electron chi connectivity index (χ3n) is 6.41. The van der Waals surface area contributed by atoms with Crippen LogP contribution in [0.5, 0.6) is 5.75 Å². The molecule has 32 heavy (non-hydrogen) atoms. The van der Waals surface area contributed by atoms with Crippen molar-refractivity contribution in [1.29, 1.82) is 0 Å². The zero-order valence-electron chi connectivity index (χ0n) is 19.5. The van der Waals surface area contributed by atoms with Gasteiger partial charge in [-0.25, -0.2) is 0 Å². The molecule has 2 aromatic rings. The molecule has 1 aromatic carbocycles. The molecule has 174 valence electrons. The second-order valence-corrected chi connectivity index (χ2v) is 10.3. The highest BCUT2D eigenvalue weighted by Crippen LogP contribution is 2.40. The van der Waals surface area contributed by atoms with E-state index in [4.69, 9.17) is 16.3 Å². The number of Topliss-reactive ketones (excluding diaryl/α,β-unsaturated/α-hetero) is 1. The fourth-order valence-corrected chi connectivity index (χ4v) is 5.37. The zero-order chi connectivity index (χ0) is 23.3.